The van der Waals surface area contributed by atoms with Crippen molar-refractivity contribution in [1.82, 2.24) is 9.38 Å². The van der Waals surface area contributed by atoms with Gasteiger partial charge in [-0.1, -0.05) is 0 Å². The van der Waals surface area contributed by atoms with Crippen LogP contribution in [0, 0.1) is 6.92 Å². The van der Waals surface area contributed by atoms with Crippen molar-refractivity contribution in [1.29, 1.82) is 0 Å². The molecule has 2 aromatic heterocycles. The molecule has 88 valence electrons. The van der Waals surface area contributed by atoms with Crippen LogP contribution < -0.4 is 4.74 Å². The average molecular weight is 232 g/mol. The number of carbonyl (C=O) groups is 1. The molecule has 0 aromatic carbocycles. The predicted octanol–water partition coefficient (Wildman–Crippen LogP) is 1.88. The number of aromatic nitrogens is 2. The zero-order valence-electron chi connectivity index (χ0n) is 9.38. The van der Waals surface area contributed by atoms with Crippen LogP contribution in [0.3, 0.4) is 0 Å². The molecule has 1 fully saturated rings. The van der Waals surface area contributed by atoms with Gasteiger partial charge >= 0.3 is 5.97 Å². The molecule has 2 aromatic rings. The summed E-state index contributed by atoms with van der Waals surface area (Å²) < 4.78 is 7.31. The molecular formula is C12H12N2O3. The first-order valence-corrected chi connectivity index (χ1v) is 5.53. The molecule has 17 heavy (non-hydrogen) atoms. The van der Waals surface area contributed by atoms with Crippen LogP contribution in [0.2, 0.25) is 0 Å². The molecule has 1 aliphatic rings. The van der Waals surface area contributed by atoms with E-state index in [0.29, 0.717) is 11.4 Å². The molecule has 0 radical (unpaired) electrons. The standard InChI is InChI=1S/C12H12N2O3/c1-7-5-14-6-9(12(15)16)10(4-11(14)13-7)17-8-2-3-8/h4-6,8H,2-3H2,1H3,(H,15,16). The van der Waals surface area contributed by atoms with Crippen molar-refractivity contribution in [2.45, 2.75) is 25.9 Å². The van der Waals surface area contributed by atoms with E-state index in [-0.39, 0.29) is 11.7 Å². The van der Waals surface area contributed by atoms with Crippen molar-refractivity contribution >= 4 is 11.6 Å². The number of rotatable bonds is 3. The number of nitrogens with zero attached hydrogens (tertiary/aromatic N) is 2. The maximum atomic E-state index is 11.2. The number of imidazole rings is 1. The minimum atomic E-state index is -0.978. The van der Waals surface area contributed by atoms with Gasteiger partial charge in [-0.25, -0.2) is 9.78 Å². The van der Waals surface area contributed by atoms with E-state index in [1.807, 2.05) is 6.92 Å². The highest BCUT2D eigenvalue weighted by molar-refractivity contribution is 5.91. The summed E-state index contributed by atoms with van der Waals surface area (Å²) in [5.41, 5.74) is 1.75. The van der Waals surface area contributed by atoms with Gasteiger partial charge in [0.2, 0.25) is 0 Å². The lowest BCUT2D eigenvalue weighted by Gasteiger charge is -2.08. The van der Waals surface area contributed by atoms with E-state index in [2.05, 4.69) is 4.98 Å². The van der Waals surface area contributed by atoms with Gasteiger partial charge in [0.1, 0.15) is 17.0 Å². The zero-order valence-corrected chi connectivity index (χ0v) is 9.38. The molecule has 1 aliphatic carbocycles. The third-order valence-corrected chi connectivity index (χ3v) is 2.72. The molecule has 0 atom stereocenters. The number of aryl methyl sites for hydroxylation is 1. The second-order valence-corrected chi connectivity index (χ2v) is 4.32. The van der Waals surface area contributed by atoms with E-state index in [0.717, 1.165) is 18.5 Å². The Hall–Kier alpha value is -2.04. The summed E-state index contributed by atoms with van der Waals surface area (Å²) in [7, 11) is 0. The fraction of sp³-hybridized carbons (Fsp3) is 0.333. The summed E-state index contributed by atoms with van der Waals surface area (Å²) in [5, 5.41) is 9.15. The van der Waals surface area contributed by atoms with Crippen molar-refractivity contribution in [3.05, 3.63) is 29.7 Å². The molecule has 2 heterocycles. The van der Waals surface area contributed by atoms with Crippen molar-refractivity contribution in [3.8, 4) is 5.75 Å². The van der Waals surface area contributed by atoms with E-state index in [1.165, 1.54) is 0 Å². The molecule has 0 spiro atoms. The maximum Gasteiger partial charge on any atom is 0.341 e. The van der Waals surface area contributed by atoms with E-state index < -0.39 is 5.97 Å². The summed E-state index contributed by atoms with van der Waals surface area (Å²) >= 11 is 0. The molecule has 0 amide bonds. The molecule has 0 saturated heterocycles. The Morgan fingerprint density at radius 1 is 1.53 bits per heavy atom. The van der Waals surface area contributed by atoms with Crippen LogP contribution in [0.25, 0.3) is 5.65 Å². The number of fused-ring (bicyclic) bond motifs is 1. The van der Waals surface area contributed by atoms with Gasteiger partial charge in [-0.05, 0) is 19.8 Å². The first-order chi connectivity index (χ1) is 8.13. The second-order valence-electron chi connectivity index (χ2n) is 4.32. The van der Waals surface area contributed by atoms with E-state index >= 15 is 0 Å². The van der Waals surface area contributed by atoms with Crippen molar-refractivity contribution < 1.29 is 14.6 Å². The number of ether oxygens (including phenoxy) is 1. The smallest absolute Gasteiger partial charge is 0.341 e. The van der Waals surface area contributed by atoms with Gasteiger partial charge in [-0.2, -0.15) is 0 Å². The molecular weight excluding hydrogens is 220 g/mol. The van der Waals surface area contributed by atoms with Gasteiger partial charge in [0.05, 0.1) is 11.8 Å². The topological polar surface area (TPSA) is 63.8 Å². The average Bonchev–Trinajstić information content (AvgIpc) is 2.97. The van der Waals surface area contributed by atoms with Crippen molar-refractivity contribution in [2.24, 2.45) is 0 Å². The van der Waals surface area contributed by atoms with Gasteiger partial charge in [0.15, 0.2) is 0 Å². The Morgan fingerprint density at radius 2 is 2.29 bits per heavy atom. The van der Waals surface area contributed by atoms with Gasteiger partial charge in [0.25, 0.3) is 0 Å². The largest absolute Gasteiger partial charge is 0.489 e. The number of hydrogen-bond donors (Lipinski definition) is 1. The van der Waals surface area contributed by atoms with Crippen LogP contribution in [-0.2, 0) is 0 Å². The lowest BCUT2D eigenvalue weighted by Crippen LogP contribution is -2.06. The summed E-state index contributed by atoms with van der Waals surface area (Å²) in [6.45, 7) is 1.87. The van der Waals surface area contributed by atoms with Crippen LogP contribution >= 0.6 is 0 Å². The zero-order chi connectivity index (χ0) is 12.0. The highest BCUT2D eigenvalue weighted by Gasteiger charge is 2.26. The second kappa shape index (κ2) is 3.48. The summed E-state index contributed by atoms with van der Waals surface area (Å²) in [4.78, 5) is 15.5. The first-order valence-electron chi connectivity index (χ1n) is 5.53. The number of aromatic carboxylic acids is 1. The lowest BCUT2D eigenvalue weighted by molar-refractivity contribution is 0.0691. The third-order valence-electron chi connectivity index (χ3n) is 2.72. The third kappa shape index (κ3) is 1.84. The van der Waals surface area contributed by atoms with Crippen molar-refractivity contribution in [3.63, 3.8) is 0 Å². The Labute approximate surface area is 97.7 Å². The molecule has 3 rings (SSSR count). The fourth-order valence-corrected chi connectivity index (χ4v) is 1.77. The van der Waals surface area contributed by atoms with Gasteiger partial charge in [-0.15, -0.1) is 0 Å². The summed E-state index contributed by atoms with van der Waals surface area (Å²) in [6.07, 6.45) is 5.51. The highest BCUT2D eigenvalue weighted by Crippen LogP contribution is 2.30. The predicted molar refractivity (Wildman–Crippen MR) is 60.5 cm³/mol. The van der Waals surface area contributed by atoms with Gasteiger partial charge in [-0.3, -0.25) is 0 Å². The molecule has 0 aliphatic heterocycles. The van der Waals surface area contributed by atoms with Crippen LogP contribution in [-0.4, -0.2) is 26.6 Å². The van der Waals surface area contributed by atoms with Gasteiger partial charge in [0, 0.05) is 18.5 Å². The van der Waals surface area contributed by atoms with Crippen molar-refractivity contribution in [2.75, 3.05) is 0 Å². The minimum absolute atomic E-state index is 0.173. The monoisotopic (exact) mass is 232 g/mol. The van der Waals surface area contributed by atoms with Crippen LogP contribution in [0.4, 0.5) is 0 Å². The van der Waals surface area contributed by atoms with E-state index in [9.17, 15) is 4.79 Å². The maximum absolute atomic E-state index is 11.2. The lowest BCUT2D eigenvalue weighted by atomic mass is 10.2. The SMILES string of the molecule is Cc1cn2cc(C(=O)O)c(OC3CC3)cc2n1. The quantitative estimate of drug-likeness (QED) is 0.877. The normalized spacial score (nSPS) is 15.1. The number of carboxylic acid groups (broad SMARTS) is 1. The Morgan fingerprint density at radius 3 is 2.94 bits per heavy atom. The Bertz CT molecular complexity index is 599. The molecule has 5 heteroatoms. The first kappa shape index (κ1) is 10.1. The molecule has 0 bridgehead atoms. The highest BCUT2D eigenvalue weighted by atomic mass is 16.5. The molecule has 5 nitrogen and oxygen atoms in total. The summed E-state index contributed by atoms with van der Waals surface area (Å²) in [5.74, 6) is -0.563. The van der Waals surface area contributed by atoms with E-state index in [4.69, 9.17) is 9.84 Å². The molecule has 0 unspecified atom stereocenters. The van der Waals surface area contributed by atoms with Gasteiger partial charge < -0.3 is 14.2 Å². The van der Waals surface area contributed by atoms with E-state index in [1.54, 1.807) is 22.9 Å². The molecule has 1 saturated carbocycles. The van der Waals surface area contributed by atoms with Crippen LogP contribution in [0.5, 0.6) is 5.75 Å². The number of carboxylic acids is 1. The van der Waals surface area contributed by atoms with Crippen LogP contribution in [0.15, 0.2) is 18.5 Å². The minimum Gasteiger partial charge on any atom is -0.489 e. The summed E-state index contributed by atoms with van der Waals surface area (Å²) in [6, 6.07) is 1.69. The number of pyridine rings is 1. The van der Waals surface area contributed by atoms with Crippen LogP contribution in [0.1, 0.15) is 28.9 Å². The number of hydrogen-bond acceptors (Lipinski definition) is 3. The molecule has 1 N–H and O–H groups in total. The Balaban J connectivity index is 2.14. The fourth-order valence-electron chi connectivity index (χ4n) is 1.77. The Kier molecular flexibility index (Phi) is 2.07.